The van der Waals surface area contributed by atoms with Crippen LogP contribution in [0.2, 0.25) is 0 Å². The Labute approximate surface area is 148 Å². The number of imidazole rings is 1. The van der Waals surface area contributed by atoms with Gasteiger partial charge in [-0.25, -0.2) is 14.3 Å². The van der Waals surface area contributed by atoms with E-state index in [1.807, 2.05) is 6.07 Å². The molecule has 0 aliphatic carbocycles. The largest absolute Gasteiger partial charge is 0.493 e. The number of hydrogen-bond acceptors (Lipinski definition) is 6. The molecule has 0 aromatic carbocycles. The highest BCUT2D eigenvalue weighted by atomic mass is 16.5. The molecule has 2 aromatic heterocycles. The summed E-state index contributed by atoms with van der Waals surface area (Å²) in [4.78, 5) is 30.8. The maximum absolute atomic E-state index is 12.9. The van der Waals surface area contributed by atoms with Crippen molar-refractivity contribution in [3.8, 4) is 17.6 Å². The monoisotopic (exact) mass is 355 g/mol. The molecular formula is C17H17N5O4. The second-order valence-electron chi connectivity index (χ2n) is 6.55. The number of nitrogens with zero attached hydrogens (tertiary/aromatic N) is 5. The zero-order valence-electron chi connectivity index (χ0n) is 14.3. The Kier molecular flexibility index (Phi) is 3.59. The Bertz CT molecular complexity index is 1020. The molecule has 0 spiro atoms. The molecule has 4 heterocycles. The highest BCUT2D eigenvalue weighted by molar-refractivity contribution is 5.78. The van der Waals surface area contributed by atoms with Crippen LogP contribution in [0.25, 0.3) is 5.69 Å². The van der Waals surface area contributed by atoms with Crippen molar-refractivity contribution in [2.75, 3.05) is 20.3 Å². The van der Waals surface area contributed by atoms with E-state index >= 15 is 0 Å². The van der Waals surface area contributed by atoms with Gasteiger partial charge < -0.3 is 14.7 Å². The third-order valence-electron chi connectivity index (χ3n) is 5.07. The fraction of sp³-hybridized carbons (Fsp3) is 0.412. The molecule has 2 atom stereocenters. The molecule has 1 N–H and O–H groups in total. The number of carbonyl (C=O) groups is 1. The predicted octanol–water partition coefficient (Wildman–Crippen LogP) is 0.394. The number of amides is 1. The van der Waals surface area contributed by atoms with Crippen molar-refractivity contribution in [1.82, 2.24) is 19.0 Å². The molecule has 9 heteroatoms. The lowest BCUT2D eigenvalue weighted by Crippen LogP contribution is -2.39. The number of aryl methyl sites for hydroxylation is 1. The summed E-state index contributed by atoms with van der Waals surface area (Å²) >= 11 is 0. The third-order valence-corrected chi connectivity index (χ3v) is 5.07. The van der Waals surface area contributed by atoms with Gasteiger partial charge in [-0.2, -0.15) is 5.26 Å². The molecule has 0 radical (unpaired) electrons. The number of hydrogen-bond donors (Lipinski definition) is 1. The van der Waals surface area contributed by atoms with E-state index in [4.69, 9.17) is 10.00 Å². The van der Waals surface area contributed by atoms with Crippen molar-refractivity contribution >= 4 is 5.91 Å². The average molecular weight is 355 g/mol. The van der Waals surface area contributed by atoms with Crippen LogP contribution in [0.5, 0.6) is 5.88 Å². The molecule has 2 unspecified atom stereocenters. The molecule has 9 nitrogen and oxygen atoms in total. The number of carbonyl (C=O) groups excluding carboxylic acids is 1. The van der Waals surface area contributed by atoms with Gasteiger partial charge in [-0.05, 0) is 25.0 Å². The SMILES string of the molecule is COCC(=O)N1CC2CC1c1c(O)n(-c3cnc(C#N)c(C)c3)c(=O)n12. The predicted molar refractivity (Wildman–Crippen MR) is 88.9 cm³/mol. The van der Waals surface area contributed by atoms with Gasteiger partial charge in [-0.3, -0.25) is 9.36 Å². The Morgan fingerprint density at radius 3 is 2.96 bits per heavy atom. The fourth-order valence-corrected chi connectivity index (χ4v) is 3.96. The number of nitriles is 1. The van der Waals surface area contributed by atoms with Crippen LogP contribution in [0, 0.1) is 18.3 Å². The maximum Gasteiger partial charge on any atom is 0.336 e. The normalized spacial score (nSPS) is 20.3. The zero-order valence-corrected chi connectivity index (χ0v) is 14.3. The van der Waals surface area contributed by atoms with Crippen LogP contribution in [0.15, 0.2) is 17.1 Å². The van der Waals surface area contributed by atoms with Gasteiger partial charge in [0.15, 0.2) is 0 Å². The van der Waals surface area contributed by atoms with E-state index < -0.39 is 0 Å². The lowest BCUT2D eigenvalue weighted by atomic mass is 10.2. The van der Waals surface area contributed by atoms with Gasteiger partial charge in [0.2, 0.25) is 11.8 Å². The van der Waals surface area contributed by atoms with E-state index in [9.17, 15) is 14.7 Å². The van der Waals surface area contributed by atoms with Gasteiger partial charge in [0.05, 0.1) is 24.0 Å². The standard InChI is InChI=1S/C17H17N5O4/c1-9-3-10(6-19-12(9)5-18)22-16(24)15-13-4-11(21(15)17(22)25)7-20(13)14(23)8-26-2/h3,6,11,13,24H,4,7-8H2,1-2H3. The molecule has 134 valence electrons. The molecule has 2 aliphatic rings. The van der Waals surface area contributed by atoms with E-state index in [-0.39, 0.29) is 41.9 Å². The Hall–Kier alpha value is -3.12. The van der Waals surface area contributed by atoms with Gasteiger partial charge in [0.25, 0.3) is 0 Å². The lowest BCUT2D eigenvalue weighted by molar-refractivity contribution is -0.136. The summed E-state index contributed by atoms with van der Waals surface area (Å²) < 4.78 is 7.65. The molecule has 2 aliphatic heterocycles. The first kappa shape index (κ1) is 16.4. The van der Waals surface area contributed by atoms with Crippen molar-refractivity contribution in [3.05, 3.63) is 39.7 Å². The number of aromatic nitrogens is 3. The Balaban J connectivity index is 1.80. The van der Waals surface area contributed by atoms with Gasteiger partial charge in [-0.1, -0.05) is 0 Å². The van der Waals surface area contributed by atoms with Crippen molar-refractivity contribution in [2.24, 2.45) is 0 Å². The molecule has 4 rings (SSSR count). The van der Waals surface area contributed by atoms with Crippen molar-refractivity contribution in [3.63, 3.8) is 0 Å². The summed E-state index contributed by atoms with van der Waals surface area (Å²) in [5.74, 6) is -0.356. The highest BCUT2D eigenvalue weighted by Gasteiger charge is 2.49. The van der Waals surface area contributed by atoms with Gasteiger partial charge in [0.1, 0.15) is 24.1 Å². The summed E-state index contributed by atoms with van der Waals surface area (Å²) in [5, 5.41) is 19.7. The van der Waals surface area contributed by atoms with Crippen molar-refractivity contribution < 1.29 is 14.6 Å². The van der Waals surface area contributed by atoms with Crippen molar-refractivity contribution in [1.29, 1.82) is 5.26 Å². The smallest absolute Gasteiger partial charge is 0.336 e. The quantitative estimate of drug-likeness (QED) is 0.852. The molecule has 0 saturated carbocycles. The maximum atomic E-state index is 12.9. The van der Waals surface area contributed by atoms with Gasteiger partial charge in [-0.15, -0.1) is 0 Å². The second-order valence-corrected chi connectivity index (χ2v) is 6.55. The number of pyridine rings is 1. The first-order chi connectivity index (χ1) is 12.5. The minimum absolute atomic E-state index is 0.0341. The number of likely N-dealkylation sites (tertiary alicyclic amines) is 1. The van der Waals surface area contributed by atoms with E-state index in [0.29, 0.717) is 29.9 Å². The third kappa shape index (κ3) is 2.09. The fourth-order valence-electron chi connectivity index (χ4n) is 3.96. The van der Waals surface area contributed by atoms with Crippen LogP contribution in [0.3, 0.4) is 0 Å². The van der Waals surface area contributed by atoms with Crippen LogP contribution in [-0.4, -0.2) is 50.3 Å². The number of ether oxygens (including phenoxy) is 1. The van der Waals surface area contributed by atoms with Crippen LogP contribution in [-0.2, 0) is 9.53 Å². The van der Waals surface area contributed by atoms with Crippen LogP contribution in [0.1, 0.15) is 35.5 Å². The lowest BCUT2D eigenvalue weighted by Gasteiger charge is -2.27. The van der Waals surface area contributed by atoms with Crippen LogP contribution < -0.4 is 5.69 Å². The summed E-state index contributed by atoms with van der Waals surface area (Å²) in [6.07, 6.45) is 2.00. The van der Waals surface area contributed by atoms with Crippen LogP contribution >= 0.6 is 0 Å². The molecule has 1 amide bonds. The van der Waals surface area contributed by atoms with Crippen LogP contribution in [0.4, 0.5) is 0 Å². The molecular weight excluding hydrogens is 338 g/mol. The minimum atomic E-state index is -0.366. The summed E-state index contributed by atoms with van der Waals surface area (Å²) in [6.45, 7) is 2.11. The first-order valence-electron chi connectivity index (χ1n) is 8.19. The number of aromatic hydroxyl groups is 1. The summed E-state index contributed by atoms with van der Waals surface area (Å²) in [5.41, 5.74) is 1.35. The minimum Gasteiger partial charge on any atom is -0.493 e. The zero-order chi connectivity index (χ0) is 18.6. The molecule has 2 bridgehead atoms. The number of methoxy groups -OCH3 is 1. The molecule has 1 fully saturated rings. The Morgan fingerprint density at radius 1 is 1.54 bits per heavy atom. The molecule has 1 saturated heterocycles. The van der Waals surface area contributed by atoms with Gasteiger partial charge in [0, 0.05) is 13.7 Å². The highest BCUT2D eigenvalue weighted by Crippen LogP contribution is 2.48. The second kappa shape index (κ2) is 5.71. The summed E-state index contributed by atoms with van der Waals surface area (Å²) in [7, 11) is 1.45. The first-order valence-corrected chi connectivity index (χ1v) is 8.19. The molecule has 2 aromatic rings. The summed E-state index contributed by atoms with van der Waals surface area (Å²) in [6, 6.07) is 3.10. The average Bonchev–Trinajstić information content (AvgIpc) is 3.27. The van der Waals surface area contributed by atoms with Gasteiger partial charge >= 0.3 is 5.69 Å². The van der Waals surface area contributed by atoms with E-state index in [1.165, 1.54) is 17.9 Å². The topological polar surface area (TPSA) is 113 Å². The van der Waals surface area contributed by atoms with E-state index in [2.05, 4.69) is 4.98 Å². The number of rotatable bonds is 3. The van der Waals surface area contributed by atoms with E-state index in [1.54, 1.807) is 22.5 Å². The Morgan fingerprint density at radius 2 is 2.31 bits per heavy atom. The molecule has 26 heavy (non-hydrogen) atoms. The number of fused-ring (bicyclic) bond motifs is 5. The van der Waals surface area contributed by atoms with Crippen molar-refractivity contribution in [2.45, 2.75) is 25.4 Å². The van der Waals surface area contributed by atoms with E-state index in [0.717, 1.165) is 0 Å².